The lowest BCUT2D eigenvalue weighted by Crippen LogP contribution is -2.40. The molecule has 1 amide bonds. The summed E-state index contributed by atoms with van der Waals surface area (Å²) in [6.07, 6.45) is 4.94. The van der Waals surface area contributed by atoms with E-state index in [1.54, 1.807) is 11.8 Å². The van der Waals surface area contributed by atoms with E-state index in [9.17, 15) is 4.79 Å². The van der Waals surface area contributed by atoms with Crippen LogP contribution in [0.5, 0.6) is 0 Å². The van der Waals surface area contributed by atoms with Crippen LogP contribution in [0.2, 0.25) is 0 Å². The van der Waals surface area contributed by atoms with E-state index in [-0.39, 0.29) is 18.3 Å². The number of carbonyl (C=O) groups excluding carboxylic acids is 1. The van der Waals surface area contributed by atoms with Gasteiger partial charge in [-0.05, 0) is 39.8 Å². The Hall–Kier alpha value is 0.01000. The van der Waals surface area contributed by atoms with E-state index in [0.29, 0.717) is 6.04 Å². The Kier molecular flexibility index (Phi) is 8.18. The number of hydrogen-bond donors (Lipinski definition) is 0. The summed E-state index contributed by atoms with van der Waals surface area (Å²) < 4.78 is 0. The quantitative estimate of drug-likeness (QED) is 0.740. The van der Waals surface area contributed by atoms with Gasteiger partial charge in [-0.15, -0.1) is 24.0 Å². The van der Waals surface area contributed by atoms with Gasteiger partial charge in [0.05, 0.1) is 0 Å². The number of halogens is 2. The van der Waals surface area contributed by atoms with Crippen LogP contribution in [-0.2, 0) is 4.79 Å². The van der Waals surface area contributed by atoms with Crippen molar-refractivity contribution in [3.63, 3.8) is 0 Å². The van der Waals surface area contributed by atoms with Gasteiger partial charge in [0.1, 0.15) is 5.38 Å². The fraction of sp³-hybridized carbons (Fsp3) is 0.917. The van der Waals surface area contributed by atoms with Crippen LogP contribution in [0.3, 0.4) is 0 Å². The van der Waals surface area contributed by atoms with Crippen LogP contribution in [0.4, 0.5) is 0 Å². The molecule has 0 aliphatic carbocycles. The summed E-state index contributed by atoms with van der Waals surface area (Å²) in [5.41, 5.74) is 0. The lowest BCUT2D eigenvalue weighted by Gasteiger charge is -2.33. The number of hydrogen-bond acceptors (Lipinski definition) is 2. The highest BCUT2D eigenvalue weighted by atomic mass is 35.5. The fourth-order valence-corrected chi connectivity index (χ4v) is 2.43. The van der Waals surface area contributed by atoms with Crippen molar-refractivity contribution in [3.8, 4) is 0 Å². The van der Waals surface area contributed by atoms with Crippen molar-refractivity contribution in [2.75, 3.05) is 27.2 Å². The predicted octanol–water partition coefficient (Wildman–Crippen LogP) is 2.37. The summed E-state index contributed by atoms with van der Waals surface area (Å²) in [4.78, 5) is 15.7. The number of alkyl halides is 1. The molecule has 2 unspecified atom stereocenters. The zero-order valence-corrected chi connectivity index (χ0v) is 12.6. The molecule has 17 heavy (non-hydrogen) atoms. The van der Waals surface area contributed by atoms with Crippen molar-refractivity contribution in [2.45, 2.75) is 44.0 Å². The van der Waals surface area contributed by atoms with E-state index in [4.69, 9.17) is 11.6 Å². The second-order valence-corrected chi connectivity index (χ2v) is 5.45. The Bertz CT molecular complexity index is 237. The van der Waals surface area contributed by atoms with E-state index in [1.165, 1.54) is 25.8 Å². The van der Waals surface area contributed by atoms with Crippen LogP contribution >= 0.6 is 24.0 Å². The largest absolute Gasteiger partial charge is 0.344 e. The highest BCUT2D eigenvalue weighted by Gasteiger charge is 2.21. The summed E-state index contributed by atoms with van der Waals surface area (Å²) in [7, 11) is 4.01. The van der Waals surface area contributed by atoms with E-state index >= 15 is 0 Å². The summed E-state index contributed by atoms with van der Waals surface area (Å²) in [5, 5.41) is -0.408. The normalized spacial score (nSPS) is 22.7. The third-order valence-electron chi connectivity index (χ3n) is 3.44. The molecular weight excluding hydrogens is 259 g/mol. The molecule has 0 saturated carbocycles. The highest BCUT2D eigenvalue weighted by molar-refractivity contribution is 6.30. The van der Waals surface area contributed by atoms with Crippen molar-refractivity contribution in [1.82, 2.24) is 9.80 Å². The summed E-state index contributed by atoms with van der Waals surface area (Å²) in [5.74, 6) is 0.0279. The molecule has 0 aromatic heterocycles. The van der Waals surface area contributed by atoms with Crippen LogP contribution in [0.15, 0.2) is 0 Å². The molecule has 1 rings (SSSR count). The Labute approximate surface area is 116 Å². The molecule has 0 bridgehead atoms. The zero-order valence-electron chi connectivity index (χ0n) is 11.0. The topological polar surface area (TPSA) is 23.6 Å². The van der Waals surface area contributed by atoms with Gasteiger partial charge in [-0.3, -0.25) is 4.79 Å². The maximum absolute atomic E-state index is 11.6. The second-order valence-electron chi connectivity index (χ2n) is 4.79. The minimum Gasteiger partial charge on any atom is -0.344 e. The third kappa shape index (κ3) is 5.45. The molecule has 102 valence electrons. The van der Waals surface area contributed by atoms with Crippen molar-refractivity contribution in [3.05, 3.63) is 0 Å². The minimum atomic E-state index is -0.408. The average Bonchev–Trinajstić information content (AvgIpc) is 2.26. The van der Waals surface area contributed by atoms with Gasteiger partial charge in [-0.2, -0.15) is 0 Å². The Morgan fingerprint density at radius 2 is 2.18 bits per heavy atom. The molecule has 2 atom stereocenters. The van der Waals surface area contributed by atoms with Crippen molar-refractivity contribution in [2.24, 2.45) is 0 Å². The van der Waals surface area contributed by atoms with Crippen LogP contribution in [0, 0.1) is 0 Å². The van der Waals surface area contributed by atoms with Crippen LogP contribution in [0.25, 0.3) is 0 Å². The van der Waals surface area contributed by atoms with Crippen LogP contribution in [-0.4, -0.2) is 54.3 Å². The Morgan fingerprint density at radius 1 is 1.53 bits per heavy atom. The van der Waals surface area contributed by atoms with E-state index in [2.05, 4.69) is 11.9 Å². The maximum Gasteiger partial charge on any atom is 0.240 e. The number of likely N-dealkylation sites (tertiary alicyclic amines) is 1. The Morgan fingerprint density at radius 3 is 2.71 bits per heavy atom. The molecule has 5 heteroatoms. The van der Waals surface area contributed by atoms with Crippen molar-refractivity contribution < 1.29 is 4.79 Å². The average molecular weight is 283 g/mol. The number of amides is 1. The standard InChI is InChI=1S/C12H23ClN2O.ClH/c1-10(13)12(16)15(3)9-7-11-6-4-5-8-14(11)2;/h10-11H,4-9H2,1-3H3;1H. The van der Waals surface area contributed by atoms with Gasteiger partial charge < -0.3 is 9.80 Å². The zero-order chi connectivity index (χ0) is 12.1. The molecule has 1 aliphatic rings. The summed E-state index contributed by atoms with van der Waals surface area (Å²) in [6.45, 7) is 3.73. The summed E-state index contributed by atoms with van der Waals surface area (Å²) >= 11 is 5.77. The monoisotopic (exact) mass is 282 g/mol. The molecule has 1 fully saturated rings. The SMILES string of the molecule is CC(Cl)C(=O)N(C)CCC1CCCCN1C.Cl. The molecule has 3 nitrogen and oxygen atoms in total. The van der Waals surface area contributed by atoms with E-state index in [0.717, 1.165) is 13.0 Å². The van der Waals surface area contributed by atoms with Crippen molar-refractivity contribution in [1.29, 1.82) is 0 Å². The first kappa shape index (κ1) is 17.0. The molecule has 1 heterocycles. The van der Waals surface area contributed by atoms with Crippen molar-refractivity contribution >= 4 is 29.9 Å². The predicted molar refractivity (Wildman–Crippen MR) is 75.1 cm³/mol. The molecule has 1 aliphatic heterocycles. The minimum absolute atomic E-state index is 0. The molecule has 0 spiro atoms. The van der Waals surface area contributed by atoms with Gasteiger partial charge >= 0.3 is 0 Å². The van der Waals surface area contributed by atoms with Gasteiger partial charge in [-0.25, -0.2) is 0 Å². The lowest BCUT2D eigenvalue weighted by molar-refractivity contribution is -0.129. The van der Waals surface area contributed by atoms with Gasteiger partial charge in [-0.1, -0.05) is 6.42 Å². The van der Waals surface area contributed by atoms with Gasteiger partial charge in [0.15, 0.2) is 0 Å². The number of rotatable bonds is 4. The van der Waals surface area contributed by atoms with E-state index in [1.807, 2.05) is 7.05 Å². The first-order valence-corrected chi connectivity index (χ1v) is 6.55. The first-order valence-electron chi connectivity index (χ1n) is 6.11. The first-order chi connectivity index (χ1) is 7.52. The lowest BCUT2D eigenvalue weighted by atomic mass is 10.00. The third-order valence-corrected chi connectivity index (χ3v) is 3.62. The van der Waals surface area contributed by atoms with Crippen LogP contribution < -0.4 is 0 Å². The smallest absolute Gasteiger partial charge is 0.240 e. The van der Waals surface area contributed by atoms with E-state index < -0.39 is 5.38 Å². The summed E-state index contributed by atoms with van der Waals surface area (Å²) in [6, 6.07) is 0.634. The highest BCUT2D eigenvalue weighted by Crippen LogP contribution is 2.18. The number of nitrogens with zero attached hydrogens (tertiary/aromatic N) is 2. The van der Waals surface area contributed by atoms with Crippen LogP contribution in [0.1, 0.15) is 32.6 Å². The van der Waals surface area contributed by atoms with Gasteiger partial charge in [0, 0.05) is 19.6 Å². The number of carbonyl (C=O) groups is 1. The molecule has 1 saturated heterocycles. The molecule has 0 N–H and O–H groups in total. The Balaban J connectivity index is 0.00000256. The second kappa shape index (κ2) is 8.17. The maximum atomic E-state index is 11.6. The number of piperidine rings is 1. The molecule has 0 aromatic carbocycles. The fourth-order valence-electron chi connectivity index (χ4n) is 2.27. The van der Waals surface area contributed by atoms with Gasteiger partial charge in [0.25, 0.3) is 0 Å². The molecule has 0 radical (unpaired) electrons. The van der Waals surface area contributed by atoms with Gasteiger partial charge in [0.2, 0.25) is 5.91 Å². The molecular formula is C12H24Cl2N2O. The molecule has 0 aromatic rings.